The molecule has 0 saturated carbocycles. The van der Waals surface area contributed by atoms with Gasteiger partial charge in [0.05, 0.1) is 24.3 Å². The number of hydrogen-bond donors (Lipinski definition) is 0. The van der Waals surface area contributed by atoms with Crippen molar-refractivity contribution < 1.29 is 14.2 Å². The van der Waals surface area contributed by atoms with Gasteiger partial charge < -0.3 is 14.2 Å². The first-order valence-electron chi connectivity index (χ1n) is 6.72. The Labute approximate surface area is 120 Å². The van der Waals surface area contributed by atoms with Gasteiger partial charge in [-0.3, -0.25) is 0 Å². The molecule has 1 aliphatic heterocycles. The second kappa shape index (κ2) is 4.99. The highest BCUT2D eigenvalue weighted by Gasteiger charge is 2.47. The molecular formula is C16H21NO3. The molecule has 0 amide bonds. The van der Waals surface area contributed by atoms with Crippen LogP contribution in [0.1, 0.15) is 39.7 Å². The van der Waals surface area contributed by atoms with Gasteiger partial charge >= 0.3 is 0 Å². The predicted molar refractivity (Wildman–Crippen MR) is 76.0 cm³/mol. The van der Waals surface area contributed by atoms with Crippen LogP contribution in [-0.4, -0.2) is 24.4 Å². The third-order valence-corrected chi connectivity index (χ3v) is 3.51. The van der Waals surface area contributed by atoms with E-state index in [1.165, 1.54) is 0 Å². The lowest BCUT2D eigenvalue weighted by Crippen LogP contribution is -2.36. The third-order valence-electron chi connectivity index (χ3n) is 3.51. The summed E-state index contributed by atoms with van der Waals surface area (Å²) in [5.41, 5.74) is -0.0415. The summed E-state index contributed by atoms with van der Waals surface area (Å²) in [6.45, 7) is 8.17. The molecule has 1 heterocycles. The molecule has 108 valence electrons. The van der Waals surface area contributed by atoms with E-state index in [9.17, 15) is 0 Å². The summed E-state index contributed by atoms with van der Waals surface area (Å²) in [5.74, 6) is 1.26. The van der Waals surface area contributed by atoms with E-state index in [1.54, 1.807) is 25.3 Å². The minimum Gasteiger partial charge on any atom is -0.497 e. The Balaban J connectivity index is 2.24. The van der Waals surface area contributed by atoms with Gasteiger partial charge in [0.2, 0.25) is 0 Å². The van der Waals surface area contributed by atoms with Crippen LogP contribution in [0.3, 0.4) is 0 Å². The van der Waals surface area contributed by atoms with E-state index in [0.29, 0.717) is 17.1 Å². The van der Waals surface area contributed by atoms with E-state index in [-0.39, 0.29) is 17.3 Å². The average Bonchev–Trinajstić information content (AvgIpc) is 2.56. The Morgan fingerprint density at radius 3 is 2.35 bits per heavy atom. The highest BCUT2D eigenvalue weighted by molar-refractivity contribution is 5.44. The molecule has 20 heavy (non-hydrogen) atoms. The van der Waals surface area contributed by atoms with E-state index >= 15 is 0 Å². The normalized spacial score (nSPS) is 23.1. The van der Waals surface area contributed by atoms with E-state index < -0.39 is 0 Å². The first-order chi connectivity index (χ1) is 9.25. The first kappa shape index (κ1) is 14.7. The standard InChI is InChI=1S/C16H21NO3/c1-15(2)9-14(16(3,4)20-15)19-13-7-11(10-17)6-12(8-13)18-5/h6-8,14H,9H2,1-5H3. The molecule has 2 rings (SSSR count). The highest BCUT2D eigenvalue weighted by Crippen LogP contribution is 2.40. The molecule has 4 nitrogen and oxygen atoms in total. The van der Waals surface area contributed by atoms with Crippen molar-refractivity contribution >= 4 is 0 Å². The van der Waals surface area contributed by atoms with Gasteiger partial charge in [-0.25, -0.2) is 0 Å². The molecule has 0 aliphatic carbocycles. The summed E-state index contributed by atoms with van der Waals surface area (Å²) < 4.78 is 17.3. The summed E-state index contributed by atoms with van der Waals surface area (Å²) in [6.07, 6.45) is 0.746. The van der Waals surface area contributed by atoms with Crippen molar-refractivity contribution in [2.24, 2.45) is 0 Å². The molecule has 4 heteroatoms. The van der Waals surface area contributed by atoms with Gasteiger partial charge in [0.25, 0.3) is 0 Å². The van der Waals surface area contributed by atoms with Crippen LogP contribution in [0.2, 0.25) is 0 Å². The van der Waals surface area contributed by atoms with Crippen molar-refractivity contribution in [3.8, 4) is 17.6 Å². The zero-order valence-electron chi connectivity index (χ0n) is 12.7. The van der Waals surface area contributed by atoms with E-state index in [2.05, 4.69) is 19.9 Å². The van der Waals surface area contributed by atoms with E-state index in [0.717, 1.165) is 6.42 Å². The van der Waals surface area contributed by atoms with Crippen molar-refractivity contribution in [1.82, 2.24) is 0 Å². The summed E-state index contributed by atoms with van der Waals surface area (Å²) in [7, 11) is 1.58. The fourth-order valence-electron chi connectivity index (χ4n) is 2.68. The number of ether oxygens (including phenoxy) is 3. The molecule has 1 unspecified atom stereocenters. The summed E-state index contributed by atoms with van der Waals surface area (Å²) in [6, 6.07) is 7.32. The maximum absolute atomic E-state index is 9.04. The lowest BCUT2D eigenvalue weighted by molar-refractivity contribution is -0.0846. The van der Waals surface area contributed by atoms with Crippen molar-refractivity contribution in [3.05, 3.63) is 23.8 Å². The van der Waals surface area contributed by atoms with Crippen LogP contribution in [0.15, 0.2) is 18.2 Å². The van der Waals surface area contributed by atoms with Crippen LogP contribution in [0.4, 0.5) is 0 Å². The highest BCUT2D eigenvalue weighted by atomic mass is 16.6. The molecule has 0 N–H and O–H groups in total. The Morgan fingerprint density at radius 2 is 1.85 bits per heavy atom. The Bertz CT molecular complexity index is 543. The zero-order valence-corrected chi connectivity index (χ0v) is 12.7. The van der Waals surface area contributed by atoms with Crippen LogP contribution in [-0.2, 0) is 4.74 Å². The number of benzene rings is 1. The van der Waals surface area contributed by atoms with Gasteiger partial charge in [-0.05, 0) is 39.8 Å². The molecular weight excluding hydrogens is 254 g/mol. The lowest BCUT2D eigenvalue weighted by Gasteiger charge is -2.27. The second-order valence-corrected chi connectivity index (χ2v) is 6.28. The summed E-state index contributed by atoms with van der Waals surface area (Å²) in [5, 5.41) is 9.04. The molecule has 1 saturated heterocycles. The average molecular weight is 275 g/mol. The molecule has 0 bridgehead atoms. The fraction of sp³-hybridized carbons (Fsp3) is 0.562. The van der Waals surface area contributed by atoms with Gasteiger partial charge in [-0.2, -0.15) is 5.26 Å². The minimum absolute atomic E-state index is 0.0591. The Hall–Kier alpha value is -1.73. The minimum atomic E-state index is -0.362. The topological polar surface area (TPSA) is 51.5 Å². The lowest BCUT2D eigenvalue weighted by atomic mass is 9.97. The van der Waals surface area contributed by atoms with Gasteiger partial charge in [-0.1, -0.05) is 0 Å². The summed E-state index contributed by atoms with van der Waals surface area (Å²) in [4.78, 5) is 0. The molecule has 1 aromatic rings. The zero-order chi connectivity index (χ0) is 15.0. The third kappa shape index (κ3) is 3.05. The molecule has 1 aromatic carbocycles. The smallest absolute Gasteiger partial charge is 0.130 e. The van der Waals surface area contributed by atoms with E-state index in [1.807, 2.05) is 13.8 Å². The monoisotopic (exact) mass is 275 g/mol. The Kier molecular flexibility index (Phi) is 3.66. The van der Waals surface area contributed by atoms with Crippen LogP contribution in [0, 0.1) is 11.3 Å². The van der Waals surface area contributed by atoms with Gasteiger partial charge in [0.1, 0.15) is 23.2 Å². The SMILES string of the molecule is COc1cc(C#N)cc(OC2CC(C)(C)OC2(C)C)c1. The Morgan fingerprint density at radius 1 is 1.20 bits per heavy atom. The van der Waals surface area contributed by atoms with Gasteiger partial charge in [0, 0.05) is 12.5 Å². The molecule has 1 fully saturated rings. The number of methoxy groups -OCH3 is 1. The summed E-state index contributed by atoms with van der Waals surface area (Å²) >= 11 is 0. The van der Waals surface area contributed by atoms with Crippen molar-refractivity contribution in [2.75, 3.05) is 7.11 Å². The molecule has 1 aliphatic rings. The predicted octanol–water partition coefficient (Wildman–Crippen LogP) is 3.29. The van der Waals surface area contributed by atoms with E-state index in [4.69, 9.17) is 19.5 Å². The molecule has 0 spiro atoms. The number of nitriles is 1. The van der Waals surface area contributed by atoms with Crippen molar-refractivity contribution in [2.45, 2.75) is 51.4 Å². The van der Waals surface area contributed by atoms with Gasteiger partial charge in [-0.15, -0.1) is 0 Å². The molecule has 1 atom stereocenters. The fourth-order valence-corrected chi connectivity index (χ4v) is 2.68. The van der Waals surface area contributed by atoms with Crippen LogP contribution >= 0.6 is 0 Å². The quantitative estimate of drug-likeness (QED) is 0.849. The van der Waals surface area contributed by atoms with Crippen molar-refractivity contribution in [3.63, 3.8) is 0 Å². The maximum Gasteiger partial charge on any atom is 0.130 e. The van der Waals surface area contributed by atoms with Crippen LogP contribution < -0.4 is 9.47 Å². The number of hydrogen-bond acceptors (Lipinski definition) is 4. The number of rotatable bonds is 3. The number of nitrogens with zero attached hydrogens (tertiary/aromatic N) is 1. The first-order valence-corrected chi connectivity index (χ1v) is 6.72. The van der Waals surface area contributed by atoms with Crippen LogP contribution in [0.25, 0.3) is 0 Å². The molecule has 0 radical (unpaired) electrons. The van der Waals surface area contributed by atoms with Gasteiger partial charge in [0.15, 0.2) is 0 Å². The second-order valence-electron chi connectivity index (χ2n) is 6.28. The maximum atomic E-state index is 9.04. The largest absolute Gasteiger partial charge is 0.497 e. The van der Waals surface area contributed by atoms with Crippen LogP contribution in [0.5, 0.6) is 11.5 Å². The van der Waals surface area contributed by atoms with Crippen molar-refractivity contribution in [1.29, 1.82) is 5.26 Å². The molecule has 0 aromatic heterocycles.